The van der Waals surface area contributed by atoms with Gasteiger partial charge in [0, 0.05) is 5.56 Å². The molecule has 0 atom stereocenters. The molecule has 0 heterocycles. The van der Waals surface area contributed by atoms with Gasteiger partial charge in [0.25, 0.3) is 0 Å². The first-order valence-corrected chi connectivity index (χ1v) is 4.80. The first-order valence-electron chi connectivity index (χ1n) is 4.01. The highest BCUT2D eigenvalue weighted by molar-refractivity contribution is 9.10. The summed E-state index contributed by atoms with van der Waals surface area (Å²) in [5.41, 5.74) is 0.0749. The van der Waals surface area contributed by atoms with Gasteiger partial charge in [-0.25, -0.2) is 4.39 Å². The Morgan fingerprint density at radius 2 is 2.07 bits per heavy atom. The van der Waals surface area contributed by atoms with Crippen LogP contribution in [-0.4, -0.2) is 17.9 Å². The number of rotatable bonds is 4. The molecule has 1 rings (SSSR count). The fourth-order valence-corrected chi connectivity index (χ4v) is 1.22. The van der Waals surface area contributed by atoms with Gasteiger partial charge in [0.15, 0.2) is 12.1 Å². The summed E-state index contributed by atoms with van der Waals surface area (Å²) in [5, 5.41) is 0. The molecule has 15 heavy (non-hydrogen) atoms. The van der Waals surface area contributed by atoms with Gasteiger partial charge in [-0.3, -0.25) is 14.4 Å². The van der Waals surface area contributed by atoms with Gasteiger partial charge in [-0.2, -0.15) is 0 Å². The first kappa shape index (κ1) is 11.7. The smallest absolute Gasteiger partial charge is 0.202 e. The number of carbonyl (C=O) groups excluding carboxylic acids is 3. The molecule has 0 amide bonds. The summed E-state index contributed by atoms with van der Waals surface area (Å²) in [4.78, 5) is 32.0. The molecule has 0 bridgehead atoms. The van der Waals surface area contributed by atoms with Crippen LogP contribution in [0.1, 0.15) is 16.8 Å². The molecule has 0 aliphatic rings. The Balaban J connectivity index is 2.87. The molecule has 0 aromatic heterocycles. The summed E-state index contributed by atoms with van der Waals surface area (Å²) >= 11 is 2.93. The third kappa shape index (κ3) is 3.06. The van der Waals surface area contributed by atoms with Crippen LogP contribution in [-0.2, 0) is 9.59 Å². The van der Waals surface area contributed by atoms with Crippen LogP contribution >= 0.6 is 15.9 Å². The highest BCUT2D eigenvalue weighted by Gasteiger charge is 2.12. The number of hydrogen-bond donors (Lipinski definition) is 0. The predicted molar refractivity (Wildman–Crippen MR) is 54.1 cm³/mol. The number of benzene rings is 1. The molecule has 0 saturated heterocycles. The third-order valence-electron chi connectivity index (χ3n) is 1.71. The van der Waals surface area contributed by atoms with Crippen molar-refractivity contribution >= 4 is 33.8 Å². The maximum atomic E-state index is 13.0. The molecule has 0 radical (unpaired) electrons. The van der Waals surface area contributed by atoms with E-state index in [0.717, 1.165) is 6.07 Å². The Kier molecular flexibility index (Phi) is 3.85. The van der Waals surface area contributed by atoms with E-state index in [-0.39, 0.29) is 16.3 Å². The molecule has 0 aliphatic heterocycles. The quantitative estimate of drug-likeness (QED) is 0.364. The Bertz CT molecular complexity index is 429. The van der Waals surface area contributed by atoms with E-state index in [0.29, 0.717) is 0 Å². The van der Waals surface area contributed by atoms with E-state index in [4.69, 9.17) is 0 Å². The molecule has 0 aliphatic carbocycles. The molecule has 1 aromatic rings. The molecule has 0 N–H and O–H groups in total. The molecule has 5 heteroatoms. The average Bonchev–Trinajstić information content (AvgIpc) is 2.21. The van der Waals surface area contributed by atoms with Crippen LogP contribution in [0.4, 0.5) is 4.39 Å². The second-order valence-electron chi connectivity index (χ2n) is 2.81. The fraction of sp³-hybridized carbons (Fsp3) is 0.100. The molecular weight excluding hydrogens is 267 g/mol. The second kappa shape index (κ2) is 4.93. The van der Waals surface area contributed by atoms with Crippen molar-refractivity contribution in [2.75, 3.05) is 0 Å². The maximum absolute atomic E-state index is 13.0. The van der Waals surface area contributed by atoms with Crippen molar-refractivity contribution in [1.82, 2.24) is 0 Å². The molecule has 0 saturated carbocycles. The Morgan fingerprint density at radius 3 is 2.60 bits per heavy atom. The van der Waals surface area contributed by atoms with Gasteiger partial charge < -0.3 is 0 Å². The number of Topliss-reactive ketones (excluding diaryl/α,β-unsaturated/α-hetero) is 2. The van der Waals surface area contributed by atoms with E-state index in [1.165, 1.54) is 12.1 Å². The number of ketones is 2. The second-order valence-corrected chi connectivity index (χ2v) is 3.67. The average molecular weight is 273 g/mol. The lowest BCUT2D eigenvalue weighted by Gasteiger charge is -1.99. The van der Waals surface area contributed by atoms with E-state index < -0.39 is 23.8 Å². The lowest BCUT2D eigenvalue weighted by Crippen LogP contribution is -2.09. The monoisotopic (exact) mass is 272 g/mol. The van der Waals surface area contributed by atoms with Gasteiger partial charge in [-0.15, -0.1) is 0 Å². The van der Waals surface area contributed by atoms with Crippen LogP contribution in [0.5, 0.6) is 0 Å². The summed E-state index contributed by atoms with van der Waals surface area (Å²) in [5.74, 6) is -1.97. The van der Waals surface area contributed by atoms with Crippen molar-refractivity contribution in [3.8, 4) is 0 Å². The van der Waals surface area contributed by atoms with Crippen LogP contribution in [0.3, 0.4) is 0 Å². The zero-order valence-corrected chi connectivity index (χ0v) is 9.08. The van der Waals surface area contributed by atoms with Crippen molar-refractivity contribution in [2.24, 2.45) is 0 Å². The summed E-state index contributed by atoms with van der Waals surface area (Å²) in [6, 6.07) is 3.77. The number of halogens is 2. The normalized spacial score (nSPS) is 9.73. The third-order valence-corrected chi connectivity index (χ3v) is 2.35. The first-order chi connectivity index (χ1) is 7.04. The minimum Gasteiger partial charge on any atom is -0.295 e. The minimum absolute atomic E-state index is 0.0749. The minimum atomic E-state index is -0.816. The largest absolute Gasteiger partial charge is 0.295 e. The van der Waals surface area contributed by atoms with Gasteiger partial charge in [-0.05, 0) is 28.1 Å². The van der Waals surface area contributed by atoms with Crippen LogP contribution < -0.4 is 0 Å². The van der Waals surface area contributed by atoms with E-state index in [2.05, 4.69) is 15.9 Å². The van der Waals surface area contributed by atoms with Gasteiger partial charge in [0.1, 0.15) is 5.82 Å². The van der Waals surface area contributed by atoms with Crippen molar-refractivity contribution in [1.29, 1.82) is 0 Å². The molecule has 0 unspecified atom stereocenters. The van der Waals surface area contributed by atoms with Crippen molar-refractivity contribution in [3.05, 3.63) is 34.1 Å². The highest BCUT2D eigenvalue weighted by Crippen LogP contribution is 2.17. The Morgan fingerprint density at radius 1 is 1.40 bits per heavy atom. The standard InChI is InChI=1S/C10H6BrFO3/c11-8-2-1-6(3-9(8)12)10(15)4-7(14)5-13/h1-3,5H,4H2. The zero-order valence-electron chi connectivity index (χ0n) is 7.50. The lowest BCUT2D eigenvalue weighted by molar-refractivity contribution is -0.129. The summed E-state index contributed by atoms with van der Waals surface area (Å²) in [7, 11) is 0. The molecular formula is C10H6BrFO3. The van der Waals surface area contributed by atoms with Crippen LogP contribution in [0.25, 0.3) is 0 Å². The van der Waals surface area contributed by atoms with Gasteiger partial charge >= 0.3 is 0 Å². The summed E-state index contributed by atoms with van der Waals surface area (Å²) < 4.78 is 13.2. The van der Waals surface area contributed by atoms with E-state index in [1.807, 2.05) is 0 Å². The molecule has 3 nitrogen and oxygen atoms in total. The Hall–Kier alpha value is -1.36. The Labute approximate surface area is 93.4 Å². The molecule has 0 spiro atoms. The van der Waals surface area contributed by atoms with Crippen LogP contribution in [0, 0.1) is 5.82 Å². The number of hydrogen-bond acceptors (Lipinski definition) is 3. The topological polar surface area (TPSA) is 51.2 Å². The summed E-state index contributed by atoms with van der Waals surface area (Å²) in [6.45, 7) is 0. The van der Waals surface area contributed by atoms with E-state index in [1.54, 1.807) is 0 Å². The predicted octanol–water partition coefficient (Wildman–Crippen LogP) is 1.93. The number of carbonyl (C=O) groups is 3. The van der Waals surface area contributed by atoms with E-state index >= 15 is 0 Å². The van der Waals surface area contributed by atoms with Gasteiger partial charge in [0.05, 0.1) is 10.9 Å². The van der Waals surface area contributed by atoms with Crippen molar-refractivity contribution in [3.63, 3.8) is 0 Å². The van der Waals surface area contributed by atoms with E-state index in [9.17, 15) is 18.8 Å². The fourth-order valence-electron chi connectivity index (χ4n) is 0.972. The molecule has 0 fully saturated rings. The summed E-state index contributed by atoms with van der Waals surface area (Å²) in [6.07, 6.45) is -0.447. The zero-order chi connectivity index (χ0) is 11.4. The van der Waals surface area contributed by atoms with Crippen molar-refractivity contribution < 1.29 is 18.8 Å². The van der Waals surface area contributed by atoms with Crippen molar-refractivity contribution in [2.45, 2.75) is 6.42 Å². The SMILES string of the molecule is O=CC(=O)CC(=O)c1ccc(Br)c(F)c1. The van der Waals surface area contributed by atoms with Crippen LogP contribution in [0.15, 0.2) is 22.7 Å². The van der Waals surface area contributed by atoms with Crippen LogP contribution in [0.2, 0.25) is 0 Å². The number of aldehydes is 1. The molecule has 1 aromatic carbocycles. The van der Waals surface area contributed by atoms with Gasteiger partial charge in [0.2, 0.25) is 5.78 Å². The maximum Gasteiger partial charge on any atom is 0.202 e. The highest BCUT2D eigenvalue weighted by atomic mass is 79.9. The van der Waals surface area contributed by atoms with Gasteiger partial charge in [-0.1, -0.05) is 6.07 Å². The lowest BCUT2D eigenvalue weighted by atomic mass is 10.1. The molecule has 78 valence electrons.